The number of amides is 2. The number of carbonyl (C=O) groups is 4. The van der Waals surface area contributed by atoms with Gasteiger partial charge in [0, 0.05) is 26.4 Å². The minimum absolute atomic E-state index is 0.00130. The number of hydrogen-bond donors (Lipinski definition) is 4. The Balaban J connectivity index is 0.000000887. The van der Waals surface area contributed by atoms with Crippen molar-refractivity contribution in [1.82, 2.24) is 10.2 Å². The van der Waals surface area contributed by atoms with Crippen LogP contribution in [0.5, 0.6) is 0 Å². The van der Waals surface area contributed by atoms with Crippen LogP contribution >= 0.6 is 0 Å². The molecule has 0 fully saturated rings. The van der Waals surface area contributed by atoms with Gasteiger partial charge in [-0.3, -0.25) is 9.59 Å². The van der Waals surface area contributed by atoms with Crippen molar-refractivity contribution in [3.05, 3.63) is 11.5 Å². The van der Waals surface area contributed by atoms with Crippen LogP contribution in [0.3, 0.4) is 0 Å². The summed E-state index contributed by atoms with van der Waals surface area (Å²) in [5.74, 6) is -5.36. The highest BCUT2D eigenvalue weighted by Crippen LogP contribution is 2.23. The van der Waals surface area contributed by atoms with Gasteiger partial charge in [0.05, 0.1) is 11.7 Å². The average molecular weight is 413 g/mol. The van der Waals surface area contributed by atoms with Crippen molar-refractivity contribution < 1.29 is 47.3 Å². The minimum atomic E-state index is -5.08. The van der Waals surface area contributed by atoms with Crippen LogP contribution < -0.4 is 11.1 Å². The fraction of sp³-hybridized carbons (Fsp3) is 0.600. The number of nitrogens with two attached hydrogens (primary N) is 1. The third-order valence-corrected chi connectivity index (χ3v) is 3.44. The van der Waals surface area contributed by atoms with E-state index in [9.17, 15) is 32.7 Å². The lowest BCUT2D eigenvalue weighted by atomic mass is 10.0. The maximum absolute atomic E-state index is 12.2. The summed E-state index contributed by atoms with van der Waals surface area (Å²) in [7, 11) is 0. The van der Waals surface area contributed by atoms with Crippen molar-refractivity contribution in [2.45, 2.75) is 45.5 Å². The van der Waals surface area contributed by atoms with Crippen LogP contribution in [0, 0.1) is 0 Å². The largest absolute Gasteiger partial charge is 0.490 e. The van der Waals surface area contributed by atoms with Gasteiger partial charge >= 0.3 is 18.1 Å². The summed E-state index contributed by atoms with van der Waals surface area (Å²) in [6, 6.07) is -0.779. The van der Waals surface area contributed by atoms with Gasteiger partial charge in [-0.1, -0.05) is 0 Å². The average Bonchev–Trinajstić information content (AvgIpc) is 2.56. The Morgan fingerprint density at radius 1 is 1.21 bits per heavy atom. The molecule has 10 nitrogen and oxygen atoms in total. The molecule has 1 heterocycles. The third-order valence-electron chi connectivity index (χ3n) is 3.44. The number of carboxylic acids is 2. The molecule has 2 amide bonds. The van der Waals surface area contributed by atoms with Crippen molar-refractivity contribution in [3.63, 3.8) is 0 Å². The number of aliphatic carboxylic acids is 2. The van der Waals surface area contributed by atoms with E-state index >= 15 is 0 Å². The number of ether oxygens (including phenoxy) is 1. The Bertz CT molecular complexity index is 645. The maximum atomic E-state index is 12.2. The molecule has 1 aliphatic rings. The van der Waals surface area contributed by atoms with Crippen LogP contribution in [0.4, 0.5) is 13.2 Å². The highest BCUT2D eigenvalue weighted by molar-refractivity contribution is 5.89. The fourth-order valence-corrected chi connectivity index (χ4v) is 2.17. The van der Waals surface area contributed by atoms with Gasteiger partial charge in [0.25, 0.3) is 5.91 Å². The maximum Gasteiger partial charge on any atom is 0.490 e. The molecule has 0 aromatic heterocycles. The van der Waals surface area contributed by atoms with E-state index in [-0.39, 0.29) is 18.0 Å². The van der Waals surface area contributed by atoms with Gasteiger partial charge in [-0.15, -0.1) is 0 Å². The third kappa shape index (κ3) is 7.42. The second-order valence-corrected chi connectivity index (χ2v) is 5.49. The highest BCUT2D eigenvalue weighted by atomic mass is 19.4. The molecule has 160 valence electrons. The van der Waals surface area contributed by atoms with E-state index in [1.165, 1.54) is 6.92 Å². The Morgan fingerprint density at radius 2 is 1.68 bits per heavy atom. The molecular weight excluding hydrogens is 391 g/mol. The second-order valence-electron chi connectivity index (χ2n) is 5.49. The van der Waals surface area contributed by atoms with Gasteiger partial charge in [0.2, 0.25) is 11.7 Å². The summed E-state index contributed by atoms with van der Waals surface area (Å²) >= 11 is 0. The molecule has 1 rings (SSSR count). The first-order valence-electron chi connectivity index (χ1n) is 8.02. The van der Waals surface area contributed by atoms with E-state index in [4.69, 9.17) is 20.4 Å². The molecule has 0 saturated heterocycles. The lowest BCUT2D eigenvalue weighted by Gasteiger charge is -2.32. The number of hydrogen-bond acceptors (Lipinski definition) is 6. The standard InChI is InChI=1S/C13H21N3O5.C2HF3O2/c1-4-16(5-2)12(18)9-6-8(14)10(15-7(3)17)11(21-9)13(19)20;3-2(4,5)1(6)7/h8-9H,4-6,14H2,1-3H3,(H,15,17)(H,19,20);(H,6,7)/t8-,9+;/m0./s1. The number of nitrogens with one attached hydrogen (secondary N) is 1. The lowest BCUT2D eigenvalue weighted by Crippen LogP contribution is -2.49. The van der Waals surface area contributed by atoms with Crippen LogP contribution in [0.2, 0.25) is 0 Å². The zero-order valence-electron chi connectivity index (χ0n) is 15.4. The van der Waals surface area contributed by atoms with Crippen molar-refractivity contribution in [1.29, 1.82) is 0 Å². The zero-order chi connectivity index (χ0) is 22.2. The van der Waals surface area contributed by atoms with Crippen LogP contribution in [-0.4, -0.2) is 70.3 Å². The number of likely N-dealkylation sites (N-methyl/N-ethyl adjacent to an activating group) is 1. The molecular formula is C15H22F3N3O7. The Labute approximate surface area is 158 Å². The van der Waals surface area contributed by atoms with E-state index in [0.717, 1.165) is 0 Å². The second kappa shape index (κ2) is 10.5. The molecule has 0 unspecified atom stereocenters. The van der Waals surface area contributed by atoms with Crippen LogP contribution in [0.25, 0.3) is 0 Å². The van der Waals surface area contributed by atoms with Crippen molar-refractivity contribution in [2.24, 2.45) is 5.73 Å². The Kier molecular flexibility index (Phi) is 9.43. The molecule has 28 heavy (non-hydrogen) atoms. The van der Waals surface area contributed by atoms with Gasteiger partial charge in [-0.05, 0) is 13.8 Å². The van der Waals surface area contributed by atoms with Gasteiger partial charge in [0.15, 0.2) is 6.10 Å². The fourth-order valence-electron chi connectivity index (χ4n) is 2.17. The molecule has 0 saturated carbocycles. The molecule has 0 spiro atoms. The summed E-state index contributed by atoms with van der Waals surface area (Å²) in [5.41, 5.74) is 5.88. The van der Waals surface area contributed by atoms with E-state index in [1.54, 1.807) is 4.90 Å². The quantitative estimate of drug-likeness (QED) is 0.491. The van der Waals surface area contributed by atoms with Crippen LogP contribution in [-0.2, 0) is 23.9 Å². The van der Waals surface area contributed by atoms with E-state index in [0.29, 0.717) is 13.1 Å². The predicted octanol–water partition coefficient (Wildman–Crippen LogP) is 0.0366. The monoisotopic (exact) mass is 413 g/mol. The highest BCUT2D eigenvalue weighted by Gasteiger charge is 2.38. The Morgan fingerprint density at radius 3 is 2.00 bits per heavy atom. The van der Waals surface area contributed by atoms with Crippen LogP contribution in [0.1, 0.15) is 27.2 Å². The van der Waals surface area contributed by atoms with Gasteiger partial charge in [0.1, 0.15) is 0 Å². The summed E-state index contributed by atoms with van der Waals surface area (Å²) in [6.45, 7) is 5.87. The molecule has 0 bridgehead atoms. The Hall–Kier alpha value is -2.83. The topological polar surface area (TPSA) is 159 Å². The summed E-state index contributed by atoms with van der Waals surface area (Å²) < 4.78 is 37.0. The molecule has 2 atom stereocenters. The molecule has 0 aromatic carbocycles. The van der Waals surface area contributed by atoms with Crippen molar-refractivity contribution in [3.8, 4) is 0 Å². The summed E-state index contributed by atoms with van der Waals surface area (Å²) in [4.78, 5) is 45.1. The zero-order valence-corrected chi connectivity index (χ0v) is 15.4. The van der Waals surface area contributed by atoms with E-state index < -0.39 is 41.9 Å². The molecule has 0 radical (unpaired) electrons. The summed E-state index contributed by atoms with van der Waals surface area (Å²) in [6.07, 6.45) is -5.93. The SMILES string of the molecule is CCN(CC)C(=O)[C@H]1C[C@H](N)C(NC(C)=O)=C(C(=O)O)O1.O=C(O)C(F)(F)F. The number of carboxylic acid groups (broad SMARTS) is 2. The van der Waals surface area contributed by atoms with Gasteiger partial charge < -0.3 is 30.9 Å². The van der Waals surface area contributed by atoms with Crippen LogP contribution in [0.15, 0.2) is 11.5 Å². The predicted molar refractivity (Wildman–Crippen MR) is 87.6 cm³/mol. The van der Waals surface area contributed by atoms with Gasteiger partial charge in [-0.25, -0.2) is 9.59 Å². The summed E-state index contributed by atoms with van der Waals surface area (Å²) in [5, 5.41) is 18.7. The number of halogens is 3. The molecule has 5 N–H and O–H groups in total. The lowest BCUT2D eigenvalue weighted by molar-refractivity contribution is -0.192. The normalized spacial score (nSPS) is 19.0. The molecule has 1 aliphatic heterocycles. The number of rotatable bonds is 5. The smallest absolute Gasteiger partial charge is 0.475 e. The number of alkyl halides is 3. The van der Waals surface area contributed by atoms with E-state index in [1.807, 2.05) is 13.8 Å². The number of nitrogens with zero attached hydrogens (tertiary/aromatic N) is 1. The first-order chi connectivity index (χ1) is 12.8. The van der Waals surface area contributed by atoms with Crippen molar-refractivity contribution >= 4 is 23.8 Å². The number of carbonyl (C=O) groups excluding carboxylic acids is 2. The molecule has 0 aromatic rings. The molecule has 0 aliphatic carbocycles. The van der Waals surface area contributed by atoms with Gasteiger partial charge in [-0.2, -0.15) is 13.2 Å². The first-order valence-corrected chi connectivity index (χ1v) is 8.02. The van der Waals surface area contributed by atoms with E-state index in [2.05, 4.69) is 5.32 Å². The minimum Gasteiger partial charge on any atom is -0.475 e. The first kappa shape index (κ1) is 25.2. The van der Waals surface area contributed by atoms with Crippen molar-refractivity contribution in [2.75, 3.05) is 13.1 Å². The molecule has 13 heteroatoms.